The van der Waals surface area contributed by atoms with Crippen molar-refractivity contribution in [3.63, 3.8) is 0 Å². The summed E-state index contributed by atoms with van der Waals surface area (Å²) in [7, 11) is 0.0952. The van der Waals surface area contributed by atoms with E-state index < -0.39 is 0 Å². The van der Waals surface area contributed by atoms with E-state index in [1.807, 2.05) is 6.92 Å². The maximum atomic E-state index is 2.27. The smallest absolute Gasteiger partial charge is 0.0875 e. The third kappa shape index (κ3) is 3.74. The van der Waals surface area contributed by atoms with Crippen LogP contribution in [0.2, 0.25) is 0 Å². The first-order valence-electron chi connectivity index (χ1n) is 5.50. The third-order valence-corrected chi connectivity index (χ3v) is 4.29. The predicted molar refractivity (Wildman–Crippen MR) is 75.5 cm³/mol. The number of rotatable bonds is 4. The molecule has 0 heterocycles. The van der Waals surface area contributed by atoms with Crippen LogP contribution in [-0.4, -0.2) is 0 Å². The Hall–Kier alpha value is -1.21. The Bertz CT molecular complexity index is 385. The van der Waals surface area contributed by atoms with Gasteiger partial charge >= 0.3 is 0 Å². The first-order valence-corrected chi connectivity index (χ1v) is 6.79. The number of hydrogen-bond donors (Lipinski definition) is 0. The van der Waals surface area contributed by atoms with Gasteiger partial charge in [-0.25, -0.2) is 0 Å². The summed E-state index contributed by atoms with van der Waals surface area (Å²) >= 11 is 0. The summed E-state index contributed by atoms with van der Waals surface area (Å²) in [5.41, 5.74) is 0. The molecule has 0 saturated carbocycles. The van der Waals surface area contributed by atoms with E-state index in [0.29, 0.717) is 0 Å². The lowest BCUT2D eigenvalue weighted by molar-refractivity contribution is 1.44. The Balaban J connectivity index is 3.00. The van der Waals surface area contributed by atoms with Crippen molar-refractivity contribution in [2.24, 2.45) is 0 Å². The van der Waals surface area contributed by atoms with Crippen molar-refractivity contribution in [2.75, 3.05) is 0 Å². The lowest BCUT2D eigenvalue weighted by atomic mass is 10.4. The summed E-state index contributed by atoms with van der Waals surface area (Å²) in [4.78, 5) is 2.77. The molecule has 0 nitrogen and oxygen atoms in total. The quantitative estimate of drug-likeness (QED) is 0.521. The van der Waals surface area contributed by atoms with Crippen molar-refractivity contribution >= 4 is 10.9 Å². The topological polar surface area (TPSA) is 0 Å². The van der Waals surface area contributed by atoms with Crippen LogP contribution in [0.15, 0.2) is 69.8 Å². The molecule has 84 valence electrons. The van der Waals surface area contributed by atoms with Gasteiger partial charge in [0, 0.05) is 6.92 Å². The van der Waals surface area contributed by atoms with E-state index in [4.69, 9.17) is 0 Å². The van der Waals surface area contributed by atoms with Crippen LogP contribution in [0.1, 0.15) is 20.8 Å². The Morgan fingerprint density at radius 2 is 1.75 bits per heavy atom. The van der Waals surface area contributed by atoms with E-state index in [1.54, 1.807) is 0 Å². The number of benzene rings is 1. The van der Waals surface area contributed by atoms with Crippen molar-refractivity contribution in [2.45, 2.75) is 25.7 Å². The zero-order valence-corrected chi connectivity index (χ0v) is 11.0. The van der Waals surface area contributed by atoms with Crippen LogP contribution in [-0.2, 0) is 10.9 Å². The Morgan fingerprint density at radius 1 is 1.06 bits per heavy atom. The standard InChI is InChI=1S/C15H19S/c1-4-6-10-14(3)16(13-5-2)15-11-8-7-9-12-15/h4-13H,1-3H3/q+1/b6-4-,13-5+,14-10+. The second-order valence-corrected chi connectivity index (χ2v) is 5.49. The van der Waals surface area contributed by atoms with Gasteiger partial charge in [-0.15, -0.1) is 0 Å². The lowest BCUT2D eigenvalue weighted by Crippen LogP contribution is -1.99. The minimum Gasteiger partial charge on any atom is -0.0875 e. The SMILES string of the molecule is C/C=C\C=C(/C)[S+](/C=C/C)c1ccccc1. The molecule has 0 amide bonds. The van der Waals surface area contributed by atoms with E-state index in [0.717, 1.165) is 0 Å². The van der Waals surface area contributed by atoms with Gasteiger partial charge in [-0.1, -0.05) is 30.4 Å². The monoisotopic (exact) mass is 231 g/mol. The van der Waals surface area contributed by atoms with Crippen LogP contribution in [0, 0.1) is 0 Å². The fraction of sp³-hybridized carbons (Fsp3) is 0.200. The largest absolute Gasteiger partial charge is 0.165 e. The van der Waals surface area contributed by atoms with Gasteiger partial charge in [0.1, 0.15) is 10.3 Å². The van der Waals surface area contributed by atoms with Crippen molar-refractivity contribution < 1.29 is 0 Å². The molecule has 1 rings (SSSR count). The second-order valence-electron chi connectivity index (χ2n) is 3.42. The maximum absolute atomic E-state index is 2.27. The van der Waals surface area contributed by atoms with Gasteiger partial charge in [-0.05, 0) is 38.1 Å². The molecule has 0 N–H and O–H groups in total. The van der Waals surface area contributed by atoms with Crippen LogP contribution >= 0.6 is 0 Å². The Morgan fingerprint density at radius 3 is 2.31 bits per heavy atom. The van der Waals surface area contributed by atoms with Crippen molar-refractivity contribution in [3.8, 4) is 0 Å². The number of allylic oxidation sites excluding steroid dienone is 5. The molecule has 1 aromatic rings. The normalized spacial score (nSPS) is 14.8. The summed E-state index contributed by atoms with van der Waals surface area (Å²) in [6.45, 7) is 6.31. The maximum Gasteiger partial charge on any atom is 0.165 e. The minimum atomic E-state index is 0.0952. The van der Waals surface area contributed by atoms with Gasteiger partial charge in [-0.2, -0.15) is 0 Å². The molecular weight excluding hydrogens is 212 g/mol. The van der Waals surface area contributed by atoms with E-state index in [1.165, 1.54) is 9.80 Å². The van der Waals surface area contributed by atoms with E-state index >= 15 is 0 Å². The predicted octanol–water partition coefficient (Wildman–Crippen LogP) is 4.68. The zero-order chi connectivity index (χ0) is 11.8. The van der Waals surface area contributed by atoms with E-state index in [-0.39, 0.29) is 10.9 Å². The Kier molecular flexibility index (Phi) is 5.73. The van der Waals surface area contributed by atoms with Crippen LogP contribution < -0.4 is 0 Å². The molecule has 1 aromatic carbocycles. The fourth-order valence-electron chi connectivity index (χ4n) is 1.38. The molecule has 1 atom stereocenters. The van der Waals surface area contributed by atoms with Gasteiger partial charge in [0.15, 0.2) is 4.90 Å². The highest BCUT2D eigenvalue weighted by Crippen LogP contribution is 2.22. The average molecular weight is 231 g/mol. The lowest BCUT2D eigenvalue weighted by Gasteiger charge is -2.01. The molecule has 16 heavy (non-hydrogen) atoms. The van der Waals surface area contributed by atoms with Crippen LogP contribution in [0.3, 0.4) is 0 Å². The molecule has 0 spiro atoms. The minimum absolute atomic E-state index is 0.0952. The summed E-state index contributed by atoms with van der Waals surface area (Å²) in [5, 5.41) is 2.27. The zero-order valence-electron chi connectivity index (χ0n) is 10.2. The molecule has 0 radical (unpaired) electrons. The third-order valence-electron chi connectivity index (χ3n) is 2.14. The van der Waals surface area contributed by atoms with E-state index in [9.17, 15) is 0 Å². The molecule has 0 bridgehead atoms. The molecule has 0 aromatic heterocycles. The second kappa shape index (κ2) is 7.13. The van der Waals surface area contributed by atoms with Crippen LogP contribution in [0.5, 0.6) is 0 Å². The summed E-state index contributed by atoms with van der Waals surface area (Å²) in [6.07, 6.45) is 8.48. The van der Waals surface area contributed by atoms with Gasteiger partial charge in [0.25, 0.3) is 0 Å². The molecule has 1 unspecified atom stereocenters. The highest BCUT2D eigenvalue weighted by Gasteiger charge is 2.20. The molecule has 0 aliphatic rings. The van der Waals surface area contributed by atoms with Gasteiger partial charge in [0.2, 0.25) is 0 Å². The highest BCUT2D eigenvalue weighted by molar-refractivity contribution is 8.03. The van der Waals surface area contributed by atoms with Crippen molar-refractivity contribution in [3.05, 3.63) is 64.9 Å². The van der Waals surface area contributed by atoms with Crippen LogP contribution in [0.4, 0.5) is 0 Å². The fourth-order valence-corrected chi connectivity index (χ4v) is 3.07. The van der Waals surface area contributed by atoms with Gasteiger partial charge in [0.05, 0.1) is 10.9 Å². The first kappa shape index (κ1) is 12.9. The molecule has 0 aliphatic carbocycles. The highest BCUT2D eigenvalue weighted by atomic mass is 32.2. The summed E-state index contributed by atoms with van der Waals surface area (Å²) in [5.74, 6) is 0. The first-order chi connectivity index (χ1) is 7.79. The van der Waals surface area contributed by atoms with E-state index in [2.05, 4.69) is 73.9 Å². The molecule has 0 fully saturated rings. The summed E-state index contributed by atoms with van der Waals surface area (Å²) < 4.78 is 0. The van der Waals surface area contributed by atoms with Gasteiger partial charge < -0.3 is 0 Å². The molecule has 0 aliphatic heterocycles. The molecular formula is C15H19S+. The van der Waals surface area contributed by atoms with Crippen molar-refractivity contribution in [1.82, 2.24) is 0 Å². The number of hydrogen-bond acceptors (Lipinski definition) is 0. The van der Waals surface area contributed by atoms with Crippen molar-refractivity contribution in [1.29, 1.82) is 0 Å². The van der Waals surface area contributed by atoms with Crippen LogP contribution in [0.25, 0.3) is 0 Å². The Labute approximate surface area is 102 Å². The summed E-state index contributed by atoms with van der Waals surface area (Å²) in [6, 6.07) is 10.6. The van der Waals surface area contributed by atoms with Gasteiger partial charge in [-0.3, -0.25) is 0 Å². The molecule has 0 saturated heterocycles. The average Bonchev–Trinajstić information content (AvgIpc) is 2.34. The molecule has 1 heteroatoms.